The Kier molecular flexibility index (Phi) is 6.13. The summed E-state index contributed by atoms with van der Waals surface area (Å²) in [4.78, 5) is 29.9. The first kappa shape index (κ1) is 21.2. The number of likely N-dealkylation sites (tertiary alicyclic amines) is 1. The number of amides is 1. The van der Waals surface area contributed by atoms with Crippen molar-refractivity contribution in [1.82, 2.24) is 29.6 Å². The smallest absolute Gasteiger partial charge is 0.247 e. The third-order valence-corrected chi connectivity index (χ3v) is 6.49. The van der Waals surface area contributed by atoms with Crippen LogP contribution in [-0.4, -0.2) is 42.1 Å². The van der Waals surface area contributed by atoms with Crippen molar-refractivity contribution in [2.75, 3.05) is 11.9 Å². The van der Waals surface area contributed by atoms with Gasteiger partial charge in [0.25, 0.3) is 0 Å². The fraction of sp³-hybridized carbons (Fsp3) is 0.409. The number of hydrogen-bond donors (Lipinski definition) is 1. The Morgan fingerprint density at radius 2 is 2.06 bits per heavy atom. The van der Waals surface area contributed by atoms with E-state index in [9.17, 15) is 4.79 Å². The summed E-state index contributed by atoms with van der Waals surface area (Å²) in [5.74, 6) is 1.37. The maximum atomic E-state index is 13.0. The number of aromatic nitrogens is 5. The Hall–Kier alpha value is -3.07. The van der Waals surface area contributed by atoms with E-state index >= 15 is 0 Å². The summed E-state index contributed by atoms with van der Waals surface area (Å²) in [6.45, 7) is 6.65. The van der Waals surface area contributed by atoms with E-state index in [1.54, 1.807) is 28.3 Å². The lowest BCUT2D eigenvalue weighted by Crippen LogP contribution is -2.38. The van der Waals surface area contributed by atoms with E-state index in [1.165, 1.54) is 4.88 Å². The Bertz CT molecular complexity index is 1100. The van der Waals surface area contributed by atoms with Crippen molar-refractivity contribution in [2.24, 2.45) is 7.05 Å². The highest BCUT2D eigenvalue weighted by atomic mass is 32.1. The fourth-order valence-corrected chi connectivity index (χ4v) is 4.59. The Balaban J connectivity index is 1.57. The molecule has 1 amide bonds. The van der Waals surface area contributed by atoms with Gasteiger partial charge in [-0.1, -0.05) is 0 Å². The van der Waals surface area contributed by atoms with Gasteiger partial charge in [-0.05, 0) is 52.2 Å². The average molecular weight is 438 g/mol. The predicted molar refractivity (Wildman–Crippen MR) is 122 cm³/mol. The molecule has 3 aromatic heterocycles. The first-order chi connectivity index (χ1) is 14.9. The number of carbonyl (C=O) groups excluding carboxylic acids is 1. The zero-order chi connectivity index (χ0) is 22.0. The Morgan fingerprint density at radius 3 is 2.77 bits per heavy atom. The second-order valence-corrected chi connectivity index (χ2v) is 8.97. The van der Waals surface area contributed by atoms with Crippen LogP contribution in [0.5, 0.6) is 0 Å². The van der Waals surface area contributed by atoms with Crippen LogP contribution in [0.15, 0.2) is 24.4 Å². The van der Waals surface area contributed by atoms with Gasteiger partial charge in [-0.25, -0.2) is 15.0 Å². The van der Waals surface area contributed by atoms with Gasteiger partial charge in [-0.3, -0.25) is 9.48 Å². The van der Waals surface area contributed by atoms with Gasteiger partial charge >= 0.3 is 0 Å². The van der Waals surface area contributed by atoms with Gasteiger partial charge < -0.3 is 10.2 Å². The fourth-order valence-electron chi connectivity index (χ4n) is 3.76. The molecule has 0 spiro atoms. The molecule has 0 bridgehead atoms. The maximum absolute atomic E-state index is 13.0. The van der Waals surface area contributed by atoms with Crippen LogP contribution in [0.3, 0.4) is 0 Å². The summed E-state index contributed by atoms with van der Waals surface area (Å²) in [6.07, 6.45) is 8.11. The van der Waals surface area contributed by atoms with Crippen molar-refractivity contribution in [3.8, 4) is 0 Å². The minimum atomic E-state index is -0.0699. The van der Waals surface area contributed by atoms with E-state index < -0.39 is 0 Å². The second kappa shape index (κ2) is 8.97. The number of nitrogens with zero attached hydrogens (tertiary/aromatic N) is 6. The van der Waals surface area contributed by atoms with Crippen LogP contribution < -0.4 is 5.32 Å². The molecule has 1 N–H and O–H groups in total. The van der Waals surface area contributed by atoms with E-state index in [0.29, 0.717) is 11.6 Å². The van der Waals surface area contributed by atoms with Gasteiger partial charge in [0.05, 0.1) is 23.1 Å². The first-order valence-corrected chi connectivity index (χ1v) is 11.3. The molecule has 1 aliphatic heterocycles. The molecule has 8 nitrogen and oxygen atoms in total. The number of nitrogens with one attached hydrogen (secondary N) is 1. The topological polar surface area (TPSA) is 88.8 Å². The van der Waals surface area contributed by atoms with Crippen molar-refractivity contribution in [1.29, 1.82) is 0 Å². The second-order valence-electron chi connectivity index (χ2n) is 7.77. The van der Waals surface area contributed by atoms with Crippen molar-refractivity contribution < 1.29 is 4.79 Å². The van der Waals surface area contributed by atoms with Crippen LogP contribution in [-0.2, 0) is 11.8 Å². The summed E-state index contributed by atoms with van der Waals surface area (Å²) in [5.41, 5.74) is 2.77. The van der Waals surface area contributed by atoms with Crippen LogP contribution in [0.2, 0.25) is 0 Å². The predicted octanol–water partition coefficient (Wildman–Crippen LogP) is 4.10. The molecule has 4 heterocycles. The number of anilines is 2. The minimum absolute atomic E-state index is 0.0113. The highest BCUT2D eigenvalue weighted by Gasteiger charge is 2.28. The van der Waals surface area contributed by atoms with Gasteiger partial charge in [0.1, 0.15) is 11.6 Å². The molecule has 9 heteroatoms. The normalized spacial score (nSPS) is 16.8. The SMILES string of the molecule is Cc1nc(Nc2nc(C)c(C)s2)cc(C2CCCCN2C(=O)/C=C/c2ccnn2C)n1. The number of piperidine rings is 1. The van der Waals surface area contributed by atoms with Gasteiger partial charge in [0.15, 0.2) is 5.13 Å². The first-order valence-electron chi connectivity index (χ1n) is 10.4. The molecule has 1 aliphatic rings. The molecule has 0 radical (unpaired) electrons. The quantitative estimate of drug-likeness (QED) is 0.605. The van der Waals surface area contributed by atoms with Crippen molar-refractivity contribution >= 4 is 34.3 Å². The number of hydrogen-bond acceptors (Lipinski definition) is 7. The van der Waals surface area contributed by atoms with Crippen LogP contribution in [0.4, 0.5) is 10.9 Å². The summed E-state index contributed by atoms with van der Waals surface area (Å²) in [5, 5.41) is 8.27. The monoisotopic (exact) mass is 437 g/mol. The van der Waals surface area contributed by atoms with E-state index in [2.05, 4.69) is 32.3 Å². The molecule has 0 aliphatic carbocycles. The Morgan fingerprint density at radius 1 is 1.23 bits per heavy atom. The molecule has 1 saturated heterocycles. The van der Waals surface area contributed by atoms with Crippen LogP contribution in [0.1, 0.15) is 53.1 Å². The Labute approximate surface area is 186 Å². The lowest BCUT2D eigenvalue weighted by molar-refractivity contribution is -0.129. The number of rotatable bonds is 5. The molecule has 1 fully saturated rings. The summed E-state index contributed by atoms with van der Waals surface area (Å²) < 4.78 is 1.74. The van der Waals surface area contributed by atoms with Crippen molar-refractivity contribution in [3.05, 3.63) is 52.2 Å². The summed E-state index contributed by atoms with van der Waals surface area (Å²) in [6, 6.07) is 3.75. The van der Waals surface area contributed by atoms with Crippen LogP contribution >= 0.6 is 11.3 Å². The number of carbonyl (C=O) groups is 1. The maximum Gasteiger partial charge on any atom is 0.247 e. The zero-order valence-electron chi connectivity index (χ0n) is 18.3. The highest BCUT2D eigenvalue weighted by Crippen LogP contribution is 2.32. The number of thiazole rings is 1. The van der Waals surface area contributed by atoms with Gasteiger partial charge in [-0.15, -0.1) is 11.3 Å². The van der Waals surface area contributed by atoms with E-state index in [4.69, 9.17) is 0 Å². The molecule has 162 valence electrons. The lowest BCUT2D eigenvalue weighted by atomic mass is 9.98. The molecular formula is C22H27N7OS. The molecular weight excluding hydrogens is 410 g/mol. The molecule has 1 unspecified atom stereocenters. The highest BCUT2D eigenvalue weighted by molar-refractivity contribution is 7.15. The van der Waals surface area contributed by atoms with Crippen LogP contribution in [0.25, 0.3) is 6.08 Å². The third kappa shape index (κ3) is 4.82. The molecule has 3 aromatic rings. The third-order valence-electron chi connectivity index (χ3n) is 5.50. The molecule has 4 rings (SSSR count). The standard InChI is InChI=1S/C22H27N7OS/c1-14-15(2)31-22(24-14)27-20-13-18(25-16(3)26-20)19-7-5-6-12-29(19)21(30)9-8-17-10-11-23-28(17)4/h8-11,13,19H,5-7,12H2,1-4H3,(H,24,25,26,27)/b9-8+. The van der Waals surface area contributed by atoms with Gasteiger partial charge in [0.2, 0.25) is 5.91 Å². The van der Waals surface area contributed by atoms with E-state index in [-0.39, 0.29) is 11.9 Å². The lowest BCUT2D eigenvalue weighted by Gasteiger charge is -2.35. The van der Waals surface area contributed by atoms with Crippen LogP contribution in [0, 0.1) is 20.8 Å². The molecule has 0 aromatic carbocycles. The van der Waals surface area contributed by atoms with E-state index in [0.717, 1.165) is 48.0 Å². The summed E-state index contributed by atoms with van der Waals surface area (Å²) >= 11 is 1.60. The molecule has 0 saturated carbocycles. The van der Waals surface area contributed by atoms with Gasteiger partial charge in [0, 0.05) is 36.8 Å². The van der Waals surface area contributed by atoms with Crippen molar-refractivity contribution in [3.63, 3.8) is 0 Å². The minimum Gasteiger partial charge on any atom is -0.331 e. The largest absolute Gasteiger partial charge is 0.331 e. The number of aryl methyl sites for hydroxylation is 4. The average Bonchev–Trinajstić information content (AvgIpc) is 3.29. The zero-order valence-corrected chi connectivity index (χ0v) is 19.1. The van der Waals surface area contributed by atoms with Crippen molar-refractivity contribution in [2.45, 2.75) is 46.1 Å². The molecule has 1 atom stereocenters. The molecule has 31 heavy (non-hydrogen) atoms. The summed E-state index contributed by atoms with van der Waals surface area (Å²) in [7, 11) is 1.86. The van der Waals surface area contributed by atoms with E-state index in [1.807, 2.05) is 44.0 Å². The van der Waals surface area contributed by atoms with Gasteiger partial charge in [-0.2, -0.15) is 5.10 Å².